The lowest BCUT2D eigenvalue weighted by Gasteiger charge is -2.29. The van der Waals surface area contributed by atoms with E-state index in [1.807, 2.05) is 30.3 Å². The maximum Gasteiger partial charge on any atom is 0.326 e. The van der Waals surface area contributed by atoms with Crippen molar-refractivity contribution >= 4 is 17.8 Å². The van der Waals surface area contributed by atoms with Crippen molar-refractivity contribution < 1.29 is 35.5 Å². The van der Waals surface area contributed by atoms with Gasteiger partial charge in [0.2, 0.25) is 5.91 Å². The first kappa shape index (κ1) is 28.5. The van der Waals surface area contributed by atoms with E-state index in [1.54, 1.807) is 0 Å². The number of carbonyl (C=O) groups excluding carboxylic acids is 1. The zero-order valence-electron chi connectivity index (χ0n) is 17.6. The van der Waals surface area contributed by atoms with Crippen LogP contribution in [0.5, 0.6) is 0 Å². The van der Waals surface area contributed by atoms with Gasteiger partial charge in [-0.25, -0.2) is 4.79 Å². The summed E-state index contributed by atoms with van der Waals surface area (Å²) in [4.78, 5) is 37.7. The van der Waals surface area contributed by atoms with Gasteiger partial charge < -0.3 is 31.8 Å². The third-order valence-corrected chi connectivity index (χ3v) is 5.33. The molecule has 1 fully saturated rings. The first-order valence-corrected chi connectivity index (χ1v) is 10.2. The average molecular weight is 442 g/mol. The summed E-state index contributed by atoms with van der Waals surface area (Å²) in [6.07, 6.45) is 3.76. The van der Waals surface area contributed by atoms with Crippen molar-refractivity contribution in [2.75, 3.05) is 13.1 Å². The second kappa shape index (κ2) is 14.5. The number of nitrogens with zero attached hydrogens (tertiary/aromatic N) is 1. The quantitative estimate of drug-likeness (QED) is 0.316. The van der Waals surface area contributed by atoms with E-state index in [0.29, 0.717) is 51.6 Å². The third kappa shape index (κ3) is 8.62. The van der Waals surface area contributed by atoms with Gasteiger partial charge in [-0.05, 0) is 50.6 Å². The van der Waals surface area contributed by atoms with Crippen LogP contribution in [0.15, 0.2) is 30.3 Å². The minimum absolute atomic E-state index is 0. The minimum Gasteiger partial charge on any atom is -0.480 e. The first-order chi connectivity index (χ1) is 13.9. The molecule has 0 aromatic heterocycles. The van der Waals surface area contributed by atoms with Crippen molar-refractivity contribution in [2.24, 2.45) is 5.73 Å². The highest BCUT2D eigenvalue weighted by atomic mass is 16.4. The van der Waals surface area contributed by atoms with E-state index in [2.05, 4.69) is 5.32 Å². The van der Waals surface area contributed by atoms with Crippen LogP contribution >= 0.6 is 0 Å². The molecule has 1 aliphatic heterocycles. The molecule has 0 saturated carbocycles. The number of carbonyl (C=O) groups is 3. The maximum absolute atomic E-state index is 13.1. The normalized spacial score (nSPS) is 17.2. The van der Waals surface area contributed by atoms with Gasteiger partial charge in [-0.1, -0.05) is 36.8 Å². The van der Waals surface area contributed by atoms with Crippen molar-refractivity contribution in [3.63, 3.8) is 0 Å². The molecule has 10 heteroatoms. The molecule has 0 unspecified atom stereocenters. The number of carboxylic acid groups (broad SMARTS) is 2. The molecule has 0 bridgehead atoms. The number of benzene rings is 1. The van der Waals surface area contributed by atoms with Gasteiger partial charge in [0.25, 0.3) is 0 Å². The number of nitrogens with one attached hydrogen (secondary N) is 1. The van der Waals surface area contributed by atoms with Crippen LogP contribution < -0.4 is 11.1 Å². The Morgan fingerprint density at radius 3 is 2.32 bits per heavy atom. The Hall–Kier alpha value is -2.53. The molecule has 1 aromatic rings. The second-order valence-electron chi connectivity index (χ2n) is 7.45. The van der Waals surface area contributed by atoms with Crippen molar-refractivity contribution in [1.29, 1.82) is 0 Å². The molecule has 1 aliphatic rings. The highest BCUT2D eigenvalue weighted by Gasteiger charge is 2.38. The fourth-order valence-electron chi connectivity index (χ4n) is 3.73. The van der Waals surface area contributed by atoms with Crippen molar-refractivity contribution in [2.45, 2.75) is 63.1 Å². The lowest BCUT2D eigenvalue weighted by Crippen LogP contribution is -2.54. The number of hydrogen-bond donors (Lipinski definition) is 4. The number of unbranched alkanes of at least 4 members (excludes halogenated alkanes) is 1. The summed E-state index contributed by atoms with van der Waals surface area (Å²) in [6, 6.07) is 7.10. The summed E-state index contributed by atoms with van der Waals surface area (Å²) in [5.74, 6) is -2.37. The summed E-state index contributed by atoms with van der Waals surface area (Å²) in [5.41, 5.74) is 6.57. The monoisotopic (exact) mass is 441 g/mol. The van der Waals surface area contributed by atoms with Crippen LogP contribution in [0.25, 0.3) is 0 Å². The Balaban J connectivity index is 0.00000450. The molecule has 1 aromatic carbocycles. The summed E-state index contributed by atoms with van der Waals surface area (Å²) < 4.78 is 0. The predicted octanol–water partition coefficient (Wildman–Crippen LogP) is -0.414. The average Bonchev–Trinajstić information content (AvgIpc) is 3.20. The number of carboxylic acids is 2. The molecule has 0 radical (unpaired) electrons. The van der Waals surface area contributed by atoms with Gasteiger partial charge in [0.1, 0.15) is 12.1 Å². The molecule has 0 aliphatic carbocycles. The van der Waals surface area contributed by atoms with Gasteiger partial charge in [-0.2, -0.15) is 0 Å². The smallest absolute Gasteiger partial charge is 0.326 e. The Bertz CT molecular complexity index is 687. The van der Waals surface area contributed by atoms with Gasteiger partial charge in [0.05, 0.1) is 6.04 Å². The predicted molar refractivity (Wildman–Crippen MR) is 116 cm³/mol. The molecule has 1 heterocycles. The van der Waals surface area contributed by atoms with Crippen LogP contribution in [0, 0.1) is 0 Å². The number of amides is 1. The van der Waals surface area contributed by atoms with Crippen LogP contribution in [-0.4, -0.2) is 75.1 Å². The summed E-state index contributed by atoms with van der Waals surface area (Å²) in [5, 5.41) is 22.0. The Morgan fingerprint density at radius 2 is 1.74 bits per heavy atom. The van der Waals surface area contributed by atoms with Crippen LogP contribution in [0.3, 0.4) is 0 Å². The molecule has 9 N–H and O–H groups in total. The zero-order valence-corrected chi connectivity index (χ0v) is 17.6. The molecule has 10 nitrogen and oxygen atoms in total. The van der Waals surface area contributed by atoms with Crippen LogP contribution in [0.4, 0.5) is 0 Å². The number of rotatable bonds is 12. The fraction of sp³-hybridized carbons (Fsp3) is 0.571. The largest absolute Gasteiger partial charge is 0.480 e. The van der Waals surface area contributed by atoms with Crippen molar-refractivity contribution in [3.05, 3.63) is 35.9 Å². The third-order valence-electron chi connectivity index (χ3n) is 5.33. The minimum atomic E-state index is -1.02. The van der Waals surface area contributed by atoms with E-state index in [-0.39, 0.29) is 16.9 Å². The van der Waals surface area contributed by atoms with E-state index < -0.39 is 30.1 Å². The van der Waals surface area contributed by atoms with Crippen LogP contribution in [-0.2, 0) is 20.8 Å². The number of aliphatic carboxylic acids is 2. The molecule has 1 amide bonds. The van der Waals surface area contributed by atoms with Crippen LogP contribution in [0.2, 0.25) is 0 Å². The molecular formula is C21H35N3O7. The maximum atomic E-state index is 13.1. The Kier molecular flexibility index (Phi) is 13.3. The van der Waals surface area contributed by atoms with E-state index in [4.69, 9.17) is 5.73 Å². The molecule has 31 heavy (non-hydrogen) atoms. The topological polar surface area (TPSA) is 196 Å². The van der Waals surface area contributed by atoms with Crippen molar-refractivity contribution in [1.82, 2.24) is 10.2 Å². The SMILES string of the molecule is NCCCC[C@@H](N[C@@H](CCc1ccccc1)C(=O)O)C(=O)N1CCC[C@@H]1C(=O)O.O.O. The second-order valence-corrected chi connectivity index (χ2v) is 7.45. The molecule has 1 saturated heterocycles. The van der Waals surface area contributed by atoms with E-state index >= 15 is 0 Å². The molecule has 3 atom stereocenters. The van der Waals surface area contributed by atoms with Gasteiger partial charge >= 0.3 is 11.9 Å². The first-order valence-electron chi connectivity index (χ1n) is 10.2. The van der Waals surface area contributed by atoms with E-state index in [9.17, 15) is 24.6 Å². The molecule has 2 rings (SSSR count). The lowest BCUT2D eigenvalue weighted by molar-refractivity contribution is -0.149. The molecule has 176 valence electrons. The van der Waals surface area contributed by atoms with Crippen LogP contribution in [0.1, 0.15) is 44.1 Å². The summed E-state index contributed by atoms with van der Waals surface area (Å²) >= 11 is 0. The Morgan fingerprint density at radius 1 is 1.06 bits per heavy atom. The molecule has 0 spiro atoms. The van der Waals surface area contributed by atoms with Gasteiger partial charge in [0, 0.05) is 6.54 Å². The van der Waals surface area contributed by atoms with Gasteiger partial charge in [-0.3, -0.25) is 14.9 Å². The highest BCUT2D eigenvalue weighted by Crippen LogP contribution is 2.20. The van der Waals surface area contributed by atoms with Crippen molar-refractivity contribution in [3.8, 4) is 0 Å². The fourth-order valence-corrected chi connectivity index (χ4v) is 3.73. The van der Waals surface area contributed by atoms with E-state index in [0.717, 1.165) is 12.0 Å². The van der Waals surface area contributed by atoms with E-state index in [1.165, 1.54) is 4.90 Å². The summed E-state index contributed by atoms with van der Waals surface area (Å²) in [7, 11) is 0. The van der Waals surface area contributed by atoms with Gasteiger partial charge in [0.15, 0.2) is 0 Å². The number of likely N-dealkylation sites (tertiary alicyclic amines) is 1. The zero-order chi connectivity index (χ0) is 21.2. The molecular weight excluding hydrogens is 406 g/mol. The number of nitrogens with two attached hydrogens (primary N) is 1. The van der Waals surface area contributed by atoms with Gasteiger partial charge in [-0.15, -0.1) is 0 Å². The number of aryl methyl sites for hydroxylation is 1. The standard InChI is InChI=1S/C21H31N3O5.2H2O/c22-13-5-4-9-16(19(25)24-14-6-10-18(24)21(28)29)23-17(20(26)27)12-11-15-7-2-1-3-8-15;;/h1-3,7-8,16-18,23H,4-6,9-14,22H2,(H,26,27)(H,28,29);2*1H2/t16-,17+,18-;;/m1../s1. The lowest BCUT2D eigenvalue weighted by atomic mass is 10.0. The summed E-state index contributed by atoms with van der Waals surface area (Å²) in [6.45, 7) is 0.866. The Labute approximate surface area is 182 Å². The number of hydrogen-bond acceptors (Lipinski definition) is 5. The highest BCUT2D eigenvalue weighted by molar-refractivity contribution is 5.88.